The van der Waals surface area contributed by atoms with Crippen molar-refractivity contribution >= 4 is 11.9 Å². The van der Waals surface area contributed by atoms with Crippen LogP contribution in [0.25, 0.3) is 0 Å². The molecule has 0 radical (unpaired) electrons. The normalized spacial score (nSPS) is 16.9. The van der Waals surface area contributed by atoms with Crippen LogP contribution in [0.1, 0.15) is 45.3 Å². The molecule has 1 N–H and O–H groups in total. The Labute approximate surface area is 139 Å². The second-order valence-corrected chi connectivity index (χ2v) is 5.67. The Morgan fingerprint density at radius 2 is 1.96 bits per heavy atom. The molecule has 24 heavy (non-hydrogen) atoms. The van der Waals surface area contributed by atoms with Gasteiger partial charge in [0.05, 0.1) is 18.7 Å². The maximum atomic E-state index is 12.7. The van der Waals surface area contributed by atoms with Crippen LogP contribution in [0.15, 0.2) is 42.6 Å². The number of ether oxygens (including phenoxy) is 1. The Morgan fingerprint density at radius 3 is 2.54 bits per heavy atom. The predicted molar refractivity (Wildman–Crippen MR) is 87.2 cm³/mol. The molecule has 6 heteroatoms. The molecule has 1 aliphatic heterocycles. The molecule has 1 aromatic carbocycles. The van der Waals surface area contributed by atoms with Crippen LogP contribution < -0.4 is 4.74 Å². The molecule has 0 aliphatic carbocycles. The van der Waals surface area contributed by atoms with Gasteiger partial charge in [-0.25, -0.2) is 9.78 Å². The molecule has 1 aliphatic rings. The highest BCUT2D eigenvalue weighted by atomic mass is 16.5. The lowest BCUT2D eigenvalue weighted by atomic mass is 10.0. The molecule has 1 fully saturated rings. The number of pyridine rings is 1. The van der Waals surface area contributed by atoms with E-state index in [0.717, 1.165) is 24.2 Å². The van der Waals surface area contributed by atoms with Crippen LogP contribution in [0, 0.1) is 0 Å². The second kappa shape index (κ2) is 6.70. The average molecular weight is 326 g/mol. The van der Waals surface area contributed by atoms with Gasteiger partial charge in [0.25, 0.3) is 5.91 Å². The van der Waals surface area contributed by atoms with E-state index in [1.807, 2.05) is 29.2 Å². The number of benzene rings is 1. The van der Waals surface area contributed by atoms with E-state index in [-0.39, 0.29) is 17.6 Å². The number of carboxylic acids is 1. The third-order valence-corrected chi connectivity index (χ3v) is 4.24. The van der Waals surface area contributed by atoms with Gasteiger partial charge in [-0.15, -0.1) is 0 Å². The van der Waals surface area contributed by atoms with Gasteiger partial charge in [0.1, 0.15) is 11.4 Å². The zero-order chi connectivity index (χ0) is 17.1. The van der Waals surface area contributed by atoms with E-state index >= 15 is 0 Å². The van der Waals surface area contributed by atoms with Crippen molar-refractivity contribution < 1.29 is 19.4 Å². The Bertz CT molecular complexity index is 741. The van der Waals surface area contributed by atoms with Gasteiger partial charge in [0, 0.05) is 12.7 Å². The summed E-state index contributed by atoms with van der Waals surface area (Å²) in [5, 5.41) is 8.89. The van der Waals surface area contributed by atoms with E-state index in [9.17, 15) is 9.59 Å². The molecule has 1 amide bonds. The van der Waals surface area contributed by atoms with Crippen molar-refractivity contribution in [1.82, 2.24) is 9.88 Å². The molecule has 0 saturated carbocycles. The first-order valence-electron chi connectivity index (χ1n) is 7.74. The number of hydrogen-bond acceptors (Lipinski definition) is 4. The molecular formula is C18H18N2O4. The van der Waals surface area contributed by atoms with Gasteiger partial charge in [-0.05, 0) is 42.7 Å². The summed E-state index contributed by atoms with van der Waals surface area (Å²) in [4.78, 5) is 29.3. The molecule has 1 aromatic heterocycles. The van der Waals surface area contributed by atoms with Crippen LogP contribution >= 0.6 is 0 Å². The maximum absolute atomic E-state index is 12.7. The first kappa shape index (κ1) is 16.0. The van der Waals surface area contributed by atoms with E-state index in [2.05, 4.69) is 4.98 Å². The topological polar surface area (TPSA) is 79.7 Å². The minimum Gasteiger partial charge on any atom is -0.497 e. The Balaban J connectivity index is 1.81. The molecule has 0 unspecified atom stereocenters. The number of amides is 1. The molecule has 6 nitrogen and oxygen atoms in total. The maximum Gasteiger partial charge on any atom is 0.354 e. The average Bonchev–Trinajstić information content (AvgIpc) is 3.11. The number of hydrogen-bond donors (Lipinski definition) is 1. The van der Waals surface area contributed by atoms with Gasteiger partial charge in [-0.2, -0.15) is 0 Å². The lowest BCUT2D eigenvalue weighted by Gasteiger charge is -2.25. The minimum atomic E-state index is -1.11. The van der Waals surface area contributed by atoms with Crippen molar-refractivity contribution in [3.8, 4) is 5.75 Å². The first-order valence-corrected chi connectivity index (χ1v) is 7.74. The summed E-state index contributed by atoms with van der Waals surface area (Å²) in [5.74, 6) is -0.452. The van der Waals surface area contributed by atoms with Crippen LogP contribution in [-0.4, -0.2) is 40.5 Å². The zero-order valence-electron chi connectivity index (χ0n) is 13.3. The lowest BCUT2D eigenvalue weighted by Crippen LogP contribution is -2.30. The number of carbonyl (C=O) groups is 2. The summed E-state index contributed by atoms with van der Waals surface area (Å²) in [6, 6.07) is 10.6. The summed E-state index contributed by atoms with van der Waals surface area (Å²) in [7, 11) is 1.62. The Hall–Kier alpha value is -2.89. The lowest BCUT2D eigenvalue weighted by molar-refractivity contribution is 0.0685. The van der Waals surface area contributed by atoms with Crippen molar-refractivity contribution in [1.29, 1.82) is 0 Å². The molecule has 1 saturated heterocycles. The summed E-state index contributed by atoms with van der Waals surface area (Å²) >= 11 is 0. The number of aromatic carboxylic acids is 1. The second-order valence-electron chi connectivity index (χ2n) is 5.67. The molecular weight excluding hydrogens is 308 g/mol. The highest BCUT2D eigenvalue weighted by Crippen LogP contribution is 2.33. The van der Waals surface area contributed by atoms with Gasteiger partial charge in [-0.3, -0.25) is 4.79 Å². The highest BCUT2D eigenvalue weighted by Gasteiger charge is 2.30. The smallest absolute Gasteiger partial charge is 0.354 e. The summed E-state index contributed by atoms with van der Waals surface area (Å²) in [5.41, 5.74) is 1.40. The number of rotatable bonds is 4. The number of carbonyl (C=O) groups excluding carboxylic acids is 1. The minimum absolute atomic E-state index is 0.0163. The van der Waals surface area contributed by atoms with Gasteiger partial charge in [-0.1, -0.05) is 12.1 Å². The van der Waals surface area contributed by atoms with Gasteiger partial charge >= 0.3 is 5.97 Å². The number of likely N-dealkylation sites (tertiary alicyclic amines) is 1. The van der Waals surface area contributed by atoms with Gasteiger partial charge in [0.15, 0.2) is 0 Å². The molecule has 2 heterocycles. The Morgan fingerprint density at radius 1 is 1.21 bits per heavy atom. The van der Waals surface area contributed by atoms with Crippen molar-refractivity contribution in [2.45, 2.75) is 18.9 Å². The summed E-state index contributed by atoms with van der Waals surface area (Å²) in [6.45, 7) is 0.677. The Kier molecular flexibility index (Phi) is 4.46. The fourth-order valence-corrected chi connectivity index (χ4v) is 3.00. The van der Waals surface area contributed by atoms with Crippen molar-refractivity contribution in [3.05, 3.63) is 59.4 Å². The third-order valence-electron chi connectivity index (χ3n) is 4.24. The SMILES string of the molecule is COc1ccc([C@@H]2CCCN2C(=O)c2ccc(C(=O)O)nc2)cc1. The molecule has 0 spiro atoms. The highest BCUT2D eigenvalue weighted by molar-refractivity contribution is 5.95. The molecule has 1 atom stereocenters. The van der Waals surface area contributed by atoms with Gasteiger partial charge in [0.2, 0.25) is 0 Å². The summed E-state index contributed by atoms with van der Waals surface area (Å²) < 4.78 is 5.17. The van der Waals surface area contributed by atoms with Gasteiger partial charge < -0.3 is 14.7 Å². The van der Waals surface area contributed by atoms with E-state index in [1.54, 1.807) is 7.11 Å². The van der Waals surface area contributed by atoms with E-state index in [1.165, 1.54) is 18.3 Å². The molecule has 0 bridgehead atoms. The first-order chi connectivity index (χ1) is 11.6. The number of methoxy groups -OCH3 is 1. The number of aromatic nitrogens is 1. The van der Waals surface area contributed by atoms with Crippen LogP contribution in [0.3, 0.4) is 0 Å². The van der Waals surface area contributed by atoms with Crippen molar-refractivity contribution in [2.75, 3.05) is 13.7 Å². The van der Waals surface area contributed by atoms with Crippen LogP contribution in [0.4, 0.5) is 0 Å². The molecule has 3 rings (SSSR count). The largest absolute Gasteiger partial charge is 0.497 e. The van der Waals surface area contributed by atoms with Crippen molar-refractivity contribution in [3.63, 3.8) is 0 Å². The van der Waals surface area contributed by atoms with Crippen LogP contribution in [-0.2, 0) is 0 Å². The van der Waals surface area contributed by atoms with Crippen LogP contribution in [0.2, 0.25) is 0 Å². The standard InChI is InChI=1S/C18H18N2O4/c1-24-14-7-4-12(5-8-14)16-3-2-10-20(16)17(21)13-6-9-15(18(22)23)19-11-13/h4-9,11,16H,2-3,10H2,1H3,(H,22,23)/t16-/m0/s1. The number of carboxylic acid groups (broad SMARTS) is 1. The van der Waals surface area contributed by atoms with Crippen LogP contribution in [0.5, 0.6) is 5.75 Å². The zero-order valence-corrected chi connectivity index (χ0v) is 13.3. The molecule has 2 aromatic rings. The van der Waals surface area contributed by atoms with Crippen molar-refractivity contribution in [2.24, 2.45) is 0 Å². The fourth-order valence-electron chi connectivity index (χ4n) is 3.00. The number of nitrogens with zero attached hydrogens (tertiary/aromatic N) is 2. The van der Waals surface area contributed by atoms with E-state index in [0.29, 0.717) is 12.1 Å². The van der Waals surface area contributed by atoms with E-state index < -0.39 is 5.97 Å². The third kappa shape index (κ3) is 3.08. The molecule has 124 valence electrons. The summed E-state index contributed by atoms with van der Waals surface area (Å²) in [6.07, 6.45) is 3.16. The quantitative estimate of drug-likeness (QED) is 0.934. The fraction of sp³-hybridized carbons (Fsp3) is 0.278. The monoisotopic (exact) mass is 326 g/mol. The predicted octanol–water partition coefficient (Wildman–Crippen LogP) is 2.77. The van der Waals surface area contributed by atoms with E-state index in [4.69, 9.17) is 9.84 Å².